The van der Waals surface area contributed by atoms with Gasteiger partial charge >= 0.3 is 0 Å². The highest BCUT2D eigenvalue weighted by Crippen LogP contribution is 2.30. The molecule has 0 bridgehead atoms. The molecule has 0 saturated carbocycles. The van der Waals surface area contributed by atoms with Gasteiger partial charge < -0.3 is 0 Å². The zero-order valence-electron chi connectivity index (χ0n) is 10.4. The van der Waals surface area contributed by atoms with E-state index in [-0.39, 0.29) is 17.2 Å². The largest absolute Gasteiger partial charge is 0.273 e. The molecule has 0 atom stereocenters. The molecule has 2 rings (SSSR count). The average molecular weight is 327 g/mol. The first kappa shape index (κ1) is 14.9. The van der Waals surface area contributed by atoms with Gasteiger partial charge in [-0.25, -0.2) is 8.42 Å². The number of nitriles is 1. The second-order valence-electron chi connectivity index (χ2n) is 3.88. The maximum atomic E-state index is 12.6. The molecule has 1 aromatic carbocycles. The van der Waals surface area contributed by atoms with Crippen LogP contribution in [0, 0.1) is 11.3 Å². The standard InChI is InChI=1S/C13H11ClN2O2S2/c14-12-7-8-13(19-12)20(17,18)16(10-4-9-15)11-5-2-1-3-6-11/h1-3,5-8H,4,10H2. The van der Waals surface area contributed by atoms with E-state index in [0.717, 1.165) is 11.3 Å². The highest BCUT2D eigenvalue weighted by atomic mass is 35.5. The number of anilines is 1. The van der Waals surface area contributed by atoms with Gasteiger partial charge in [0.05, 0.1) is 22.5 Å². The van der Waals surface area contributed by atoms with Crippen molar-refractivity contribution in [1.29, 1.82) is 5.26 Å². The number of benzene rings is 1. The molecule has 0 aliphatic carbocycles. The second-order valence-corrected chi connectivity index (χ2v) is 7.68. The number of sulfonamides is 1. The number of halogens is 1. The van der Waals surface area contributed by atoms with E-state index in [2.05, 4.69) is 0 Å². The molecule has 0 amide bonds. The molecule has 0 spiro atoms. The molecule has 0 N–H and O–H groups in total. The summed E-state index contributed by atoms with van der Waals surface area (Å²) in [4.78, 5) is 0. The average Bonchev–Trinajstić information content (AvgIpc) is 2.88. The van der Waals surface area contributed by atoms with E-state index in [1.807, 2.05) is 6.07 Å². The summed E-state index contributed by atoms with van der Waals surface area (Å²) in [6.07, 6.45) is 0.118. The van der Waals surface area contributed by atoms with Gasteiger partial charge in [-0.3, -0.25) is 4.31 Å². The molecule has 0 aliphatic heterocycles. The quantitative estimate of drug-likeness (QED) is 0.844. The third-order valence-corrected chi connectivity index (χ3v) is 6.09. The number of hydrogen-bond acceptors (Lipinski definition) is 4. The molecule has 0 fully saturated rings. The number of hydrogen-bond donors (Lipinski definition) is 0. The van der Waals surface area contributed by atoms with Crippen molar-refractivity contribution in [3.63, 3.8) is 0 Å². The normalized spacial score (nSPS) is 11.0. The lowest BCUT2D eigenvalue weighted by Gasteiger charge is -2.22. The van der Waals surface area contributed by atoms with Crippen molar-refractivity contribution in [3.8, 4) is 6.07 Å². The zero-order chi connectivity index (χ0) is 14.6. The Morgan fingerprint density at radius 1 is 1.20 bits per heavy atom. The minimum absolute atomic E-state index is 0.109. The van der Waals surface area contributed by atoms with Gasteiger partial charge in [-0.1, -0.05) is 29.8 Å². The maximum Gasteiger partial charge on any atom is 0.273 e. The summed E-state index contributed by atoms with van der Waals surface area (Å²) in [5, 5.41) is 8.71. The first-order valence-corrected chi connectivity index (χ1v) is 8.39. The van der Waals surface area contributed by atoms with Crippen LogP contribution in [-0.2, 0) is 10.0 Å². The van der Waals surface area contributed by atoms with E-state index in [9.17, 15) is 8.42 Å². The molecule has 1 heterocycles. The van der Waals surface area contributed by atoms with Gasteiger partial charge in [0, 0.05) is 6.54 Å². The summed E-state index contributed by atoms with van der Waals surface area (Å²) < 4.78 is 27.1. The lowest BCUT2D eigenvalue weighted by Crippen LogP contribution is -2.31. The maximum absolute atomic E-state index is 12.6. The van der Waals surface area contributed by atoms with Gasteiger partial charge in [-0.2, -0.15) is 5.26 Å². The SMILES string of the molecule is N#CCCN(c1ccccc1)S(=O)(=O)c1ccc(Cl)s1. The number of thiophene rings is 1. The van der Waals surface area contributed by atoms with Crippen LogP contribution in [-0.4, -0.2) is 15.0 Å². The first-order chi connectivity index (χ1) is 9.55. The summed E-state index contributed by atoms with van der Waals surface area (Å²) in [6, 6.07) is 13.7. The summed E-state index contributed by atoms with van der Waals surface area (Å²) in [5.74, 6) is 0. The molecule has 2 aromatic rings. The minimum atomic E-state index is -3.69. The Kier molecular flexibility index (Phi) is 4.65. The van der Waals surface area contributed by atoms with Crippen molar-refractivity contribution in [2.24, 2.45) is 0 Å². The van der Waals surface area contributed by atoms with Crippen molar-refractivity contribution < 1.29 is 8.42 Å². The van der Waals surface area contributed by atoms with Crippen LogP contribution in [0.25, 0.3) is 0 Å². The van der Waals surface area contributed by atoms with Crippen LogP contribution in [0.3, 0.4) is 0 Å². The van der Waals surface area contributed by atoms with E-state index in [1.54, 1.807) is 36.4 Å². The Morgan fingerprint density at radius 3 is 2.45 bits per heavy atom. The molecular weight excluding hydrogens is 316 g/mol. The van der Waals surface area contributed by atoms with E-state index in [1.165, 1.54) is 10.4 Å². The molecule has 1 aromatic heterocycles. The fourth-order valence-electron chi connectivity index (χ4n) is 1.68. The van der Waals surface area contributed by atoms with Gasteiger partial charge in [0.15, 0.2) is 0 Å². The molecule has 0 saturated heterocycles. The van der Waals surface area contributed by atoms with Crippen LogP contribution in [0.15, 0.2) is 46.7 Å². The highest BCUT2D eigenvalue weighted by Gasteiger charge is 2.26. The van der Waals surface area contributed by atoms with Gasteiger partial charge in [0.1, 0.15) is 4.21 Å². The zero-order valence-corrected chi connectivity index (χ0v) is 12.7. The minimum Gasteiger partial charge on any atom is -0.265 e. The molecule has 0 unspecified atom stereocenters. The molecule has 7 heteroatoms. The summed E-state index contributed by atoms with van der Waals surface area (Å²) in [5.41, 5.74) is 0.535. The number of para-hydroxylation sites is 1. The van der Waals surface area contributed by atoms with E-state index < -0.39 is 10.0 Å². The van der Waals surface area contributed by atoms with Gasteiger partial charge in [0.25, 0.3) is 10.0 Å². The van der Waals surface area contributed by atoms with Crippen LogP contribution in [0.4, 0.5) is 5.69 Å². The van der Waals surface area contributed by atoms with Crippen LogP contribution in [0.1, 0.15) is 6.42 Å². The van der Waals surface area contributed by atoms with Crippen LogP contribution in [0.2, 0.25) is 4.34 Å². The Morgan fingerprint density at radius 2 is 1.90 bits per heavy atom. The van der Waals surface area contributed by atoms with Crippen molar-refractivity contribution in [2.75, 3.05) is 10.8 Å². The fraction of sp³-hybridized carbons (Fsp3) is 0.154. The van der Waals surface area contributed by atoms with Crippen LogP contribution >= 0.6 is 22.9 Å². The molecular formula is C13H11ClN2O2S2. The summed E-state index contributed by atoms with van der Waals surface area (Å²) in [6.45, 7) is 0.109. The first-order valence-electron chi connectivity index (χ1n) is 5.76. The predicted molar refractivity (Wildman–Crippen MR) is 80.5 cm³/mol. The Bertz CT molecular complexity index is 720. The number of nitrogens with zero attached hydrogens (tertiary/aromatic N) is 2. The Balaban J connectivity index is 2.44. The Labute approximate surface area is 126 Å². The van der Waals surface area contributed by atoms with Crippen molar-refractivity contribution >= 4 is 38.6 Å². The van der Waals surface area contributed by atoms with Gasteiger partial charge in [-0.05, 0) is 24.3 Å². The van der Waals surface area contributed by atoms with Crippen molar-refractivity contribution in [2.45, 2.75) is 10.6 Å². The summed E-state index contributed by atoms with van der Waals surface area (Å²) in [7, 11) is -3.69. The molecule has 0 aliphatic rings. The lowest BCUT2D eigenvalue weighted by atomic mass is 10.3. The summed E-state index contributed by atoms with van der Waals surface area (Å²) >= 11 is 6.81. The molecule has 20 heavy (non-hydrogen) atoms. The lowest BCUT2D eigenvalue weighted by molar-refractivity contribution is 0.593. The fourth-order valence-corrected chi connectivity index (χ4v) is 4.74. The molecule has 4 nitrogen and oxygen atoms in total. The Hall–Kier alpha value is -1.55. The van der Waals surface area contributed by atoms with E-state index in [0.29, 0.717) is 10.0 Å². The molecule has 0 radical (unpaired) electrons. The molecule has 104 valence electrons. The second kappa shape index (κ2) is 6.27. The van der Waals surface area contributed by atoms with Crippen LogP contribution in [0.5, 0.6) is 0 Å². The highest BCUT2D eigenvalue weighted by molar-refractivity contribution is 7.94. The van der Waals surface area contributed by atoms with E-state index in [4.69, 9.17) is 16.9 Å². The topological polar surface area (TPSA) is 61.2 Å². The third-order valence-electron chi connectivity index (χ3n) is 2.56. The monoisotopic (exact) mass is 326 g/mol. The third kappa shape index (κ3) is 3.12. The van der Waals surface area contributed by atoms with Crippen LogP contribution < -0.4 is 4.31 Å². The van der Waals surface area contributed by atoms with Crippen molar-refractivity contribution in [1.82, 2.24) is 0 Å². The number of rotatable bonds is 5. The van der Waals surface area contributed by atoms with Gasteiger partial charge in [-0.15, -0.1) is 11.3 Å². The van der Waals surface area contributed by atoms with E-state index >= 15 is 0 Å². The smallest absolute Gasteiger partial charge is 0.265 e. The predicted octanol–water partition coefficient (Wildman–Crippen LogP) is 3.51. The van der Waals surface area contributed by atoms with Crippen molar-refractivity contribution in [3.05, 3.63) is 46.8 Å². The van der Waals surface area contributed by atoms with Gasteiger partial charge in [0.2, 0.25) is 0 Å².